The lowest BCUT2D eigenvalue weighted by atomic mass is 10.2. The van der Waals surface area contributed by atoms with Crippen LogP contribution in [0.4, 0.5) is 16.2 Å². The molecule has 2 N–H and O–H groups in total. The largest absolute Gasteiger partial charge is 0.336 e. The van der Waals surface area contributed by atoms with Gasteiger partial charge >= 0.3 is 6.03 Å². The predicted molar refractivity (Wildman–Crippen MR) is 91.5 cm³/mol. The highest BCUT2D eigenvalue weighted by molar-refractivity contribution is 7.14. The second-order valence-electron chi connectivity index (χ2n) is 5.80. The van der Waals surface area contributed by atoms with E-state index in [0.29, 0.717) is 18.8 Å². The Labute approximate surface area is 138 Å². The summed E-state index contributed by atoms with van der Waals surface area (Å²) in [6.45, 7) is 1.30. The van der Waals surface area contributed by atoms with Crippen LogP contribution in [0.5, 0.6) is 0 Å². The maximum absolute atomic E-state index is 12.4. The van der Waals surface area contributed by atoms with Crippen molar-refractivity contribution in [2.24, 2.45) is 0 Å². The Bertz CT molecular complexity index is 762. The van der Waals surface area contributed by atoms with Crippen LogP contribution >= 0.6 is 11.3 Å². The van der Waals surface area contributed by atoms with E-state index in [9.17, 15) is 9.59 Å². The van der Waals surface area contributed by atoms with Crippen LogP contribution in [-0.2, 0) is 12.8 Å². The van der Waals surface area contributed by atoms with Crippen molar-refractivity contribution < 1.29 is 9.59 Å². The highest BCUT2D eigenvalue weighted by Crippen LogP contribution is 2.31. The fraction of sp³-hybridized carbons (Fsp3) is 0.294. The molecule has 4 rings (SSSR count). The number of thiophene rings is 1. The monoisotopic (exact) mass is 327 g/mol. The lowest BCUT2D eigenvalue weighted by Gasteiger charge is -2.15. The molecule has 0 unspecified atom stereocenters. The molecule has 2 aliphatic rings. The van der Waals surface area contributed by atoms with Gasteiger partial charge in [-0.2, -0.15) is 0 Å². The molecule has 0 radical (unpaired) electrons. The van der Waals surface area contributed by atoms with Crippen LogP contribution in [0, 0.1) is 0 Å². The lowest BCUT2D eigenvalue weighted by molar-refractivity contribution is 0.103. The predicted octanol–water partition coefficient (Wildman–Crippen LogP) is 3.02. The smallest absolute Gasteiger partial charge is 0.321 e. The maximum atomic E-state index is 12.4. The van der Waals surface area contributed by atoms with Gasteiger partial charge in [0, 0.05) is 29.3 Å². The fourth-order valence-corrected chi connectivity index (χ4v) is 4.25. The van der Waals surface area contributed by atoms with Crippen LogP contribution in [-0.4, -0.2) is 25.0 Å². The van der Waals surface area contributed by atoms with Crippen molar-refractivity contribution >= 4 is 34.6 Å². The van der Waals surface area contributed by atoms with E-state index in [4.69, 9.17) is 0 Å². The molecule has 2 aromatic rings. The summed E-state index contributed by atoms with van der Waals surface area (Å²) >= 11 is 1.59. The normalized spacial score (nSPS) is 16.3. The average Bonchev–Trinajstić information content (AvgIpc) is 3.22. The van der Waals surface area contributed by atoms with Gasteiger partial charge in [-0.05, 0) is 49.1 Å². The molecule has 0 saturated carbocycles. The number of hydrogen-bond donors (Lipinski definition) is 2. The van der Waals surface area contributed by atoms with Gasteiger partial charge in [0.25, 0.3) is 5.91 Å². The molecule has 23 heavy (non-hydrogen) atoms. The Kier molecular flexibility index (Phi) is 3.53. The second kappa shape index (κ2) is 5.70. The number of urea groups is 1. The van der Waals surface area contributed by atoms with Crippen LogP contribution in [0.15, 0.2) is 30.3 Å². The quantitative estimate of drug-likeness (QED) is 0.910. The number of benzene rings is 1. The molecule has 5 nitrogen and oxygen atoms in total. The molecular weight excluding hydrogens is 310 g/mol. The van der Waals surface area contributed by atoms with Gasteiger partial charge in [0.2, 0.25) is 0 Å². The van der Waals surface area contributed by atoms with Crippen molar-refractivity contribution in [1.82, 2.24) is 5.32 Å². The van der Waals surface area contributed by atoms with Crippen molar-refractivity contribution in [2.75, 3.05) is 23.3 Å². The van der Waals surface area contributed by atoms with E-state index in [1.807, 2.05) is 30.3 Å². The van der Waals surface area contributed by atoms with E-state index in [-0.39, 0.29) is 11.9 Å². The van der Waals surface area contributed by atoms with Crippen LogP contribution in [0.1, 0.15) is 26.5 Å². The molecule has 1 aliphatic heterocycles. The zero-order valence-corrected chi connectivity index (χ0v) is 13.4. The van der Waals surface area contributed by atoms with Gasteiger partial charge in [-0.15, -0.1) is 11.3 Å². The molecule has 2 heterocycles. The highest BCUT2D eigenvalue weighted by Gasteiger charge is 2.22. The van der Waals surface area contributed by atoms with Crippen molar-refractivity contribution in [3.05, 3.63) is 45.6 Å². The Morgan fingerprint density at radius 3 is 2.96 bits per heavy atom. The third-order valence-electron chi connectivity index (χ3n) is 4.24. The molecular formula is C17H17N3O2S. The van der Waals surface area contributed by atoms with Gasteiger partial charge in [0.1, 0.15) is 0 Å². The first-order valence-electron chi connectivity index (χ1n) is 7.79. The number of amides is 3. The molecule has 0 spiro atoms. The van der Waals surface area contributed by atoms with E-state index in [1.54, 1.807) is 16.2 Å². The van der Waals surface area contributed by atoms with Crippen molar-refractivity contribution in [2.45, 2.75) is 19.3 Å². The Hall–Kier alpha value is -2.34. The molecule has 0 atom stereocenters. The molecule has 1 aliphatic carbocycles. The molecule has 1 fully saturated rings. The Morgan fingerprint density at radius 1 is 1.26 bits per heavy atom. The van der Waals surface area contributed by atoms with Gasteiger partial charge in [0.05, 0.1) is 4.88 Å². The Morgan fingerprint density at radius 2 is 2.17 bits per heavy atom. The topological polar surface area (TPSA) is 61.4 Å². The first-order valence-corrected chi connectivity index (χ1v) is 8.61. The molecule has 1 aromatic heterocycles. The number of anilines is 2. The minimum Gasteiger partial charge on any atom is -0.336 e. The fourth-order valence-electron chi connectivity index (χ4n) is 3.10. The number of nitrogens with one attached hydrogen (secondary N) is 2. The minimum atomic E-state index is -0.0943. The number of hydrogen-bond acceptors (Lipinski definition) is 3. The number of nitrogens with zero attached hydrogens (tertiary/aromatic N) is 1. The summed E-state index contributed by atoms with van der Waals surface area (Å²) in [6, 6.07) is 9.33. The molecule has 1 aromatic carbocycles. The Balaban J connectivity index is 1.51. The van der Waals surface area contributed by atoms with E-state index >= 15 is 0 Å². The highest BCUT2D eigenvalue weighted by atomic mass is 32.1. The third kappa shape index (κ3) is 2.70. The number of fused-ring (bicyclic) bond motifs is 1. The first-order chi connectivity index (χ1) is 11.2. The molecule has 0 bridgehead atoms. The molecule has 118 valence electrons. The van der Waals surface area contributed by atoms with Crippen LogP contribution in [0.25, 0.3) is 0 Å². The summed E-state index contributed by atoms with van der Waals surface area (Å²) < 4.78 is 0. The van der Waals surface area contributed by atoms with Gasteiger partial charge in [-0.3, -0.25) is 9.69 Å². The molecule has 3 amide bonds. The lowest BCUT2D eigenvalue weighted by Crippen LogP contribution is -2.27. The van der Waals surface area contributed by atoms with Crippen LogP contribution < -0.4 is 15.5 Å². The summed E-state index contributed by atoms with van der Waals surface area (Å²) in [4.78, 5) is 27.9. The van der Waals surface area contributed by atoms with Crippen molar-refractivity contribution in [1.29, 1.82) is 0 Å². The van der Waals surface area contributed by atoms with E-state index in [1.165, 1.54) is 16.9 Å². The third-order valence-corrected chi connectivity index (χ3v) is 5.48. The first kappa shape index (κ1) is 14.3. The van der Waals surface area contributed by atoms with Gasteiger partial charge < -0.3 is 10.6 Å². The van der Waals surface area contributed by atoms with E-state index in [2.05, 4.69) is 10.6 Å². The molecule has 6 heteroatoms. The summed E-state index contributed by atoms with van der Waals surface area (Å²) in [6.07, 6.45) is 3.37. The van der Waals surface area contributed by atoms with E-state index in [0.717, 1.165) is 23.4 Å². The van der Waals surface area contributed by atoms with Crippen LogP contribution in [0.2, 0.25) is 0 Å². The van der Waals surface area contributed by atoms with Crippen molar-refractivity contribution in [3.63, 3.8) is 0 Å². The average molecular weight is 327 g/mol. The van der Waals surface area contributed by atoms with Gasteiger partial charge in [-0.25, -0.2) is 4.79 Å². The summed E-state index contributed by atoms with van der Waals surface area (Å²) in [7, 11) is 0. The van der Waals surface area contributed by atoms with E-state index < -0.39 is 0 Å². The minimum absolute atomic E-state index is 0.0765. The zero-order chi connectivity index (χ0) is 15.8. The van der Waals surface area contributed by atoms with Crippen molar-refractivity contribution in [3.8, 4) is 0 Å². The zero-order valence-electron chi connectivity index (χ0n) is 12.6. The summed E-state index contributed by atoms with van der Waals surface area (Å²) in [5.41, 5.74) is 2.83. The summed E-state index contributed by atoms with van der Waals surface area (Å²) in [5.74, 6) is -0.0765. The maximum Gasteiger partial charge on any atom is 0.321 e. The van der Waals surface area contributed by atoms with Crippen LogP contribution in [0.3, 0.4) is 0 Å². The number of aryl methyl sites for hydroxylation is 2. The molecule has 1 saturated heterocycles. The SMILES string of the molecule is O=C(Nc1cccc(N2CCNC2=O)c1)c1cc2c(s1)CCC2. The van der Waals surface area contributed by atoms with Gasteiger partial charge in [0.15, 0.2) is 0 Å². The summed E-state index contributed by atoms with van der Waals surface area (Å²) in [5, 5.41) is 5.72. The van der Waals surface area contributed by atoms with Gasteiger partial charge in [-0.1, -0.05) is 6.07 Å². The standard InChI is InChI=1S/C17H17N3O2S/c21-16(15-9-11-3-1-6-14(11)23-15)19-12-4-2-5-13(10-12)20-8-7-18-17(20)22/h2,4-5,9-10H,1,3,6-8H2,(H,18,22)(H,19,21). The second-order valence-corrected chi connectivity index (χ2v) is 6.94. The number of carbonyl (C=O) groups excluding carboxylic acids is 2. The number of carbonyl (C=O) groups is 2. The number of rotatable bonds is 3.